The van der Waals surface area contributed by atoms with Gasteiger partial charge in [-0.05, 0) is 0 Å². The van der Waals surface area contributed by atoms with Gasteiger partial charge in [0, 0.05) is 5.75 Å². The van der Waals surface area contributed by atoms with E-state index in [9.17, 15) is 8.42 Å². The molecule has 0 bridgehead atoms. The Morgan fingerprint density at radius 3 is 2.00 bits per heavy atom. The second-order valence-electron chi connectivity index (χ2n) is 1.01. The van der Waals surface area contributed by atoms with E-state index in [2.05, 4.69) is 12.6 Å². The molecule has 0 saturated carbocycles. The molecule has 3 nitrogen and oxygen atoms in total. The maximum atomic E-state index is 9.74. The molecule has 0 aromatic heterocycles. The van der Waals surface area contributed by atoms with Crippen LogP contribution in [-0.2, 0) is 10.1 Å². The van der Waals surface area contributed by atoms with E-state index in [4.69, 9.17) is 4.55 Å². The average molecular weight is 182 g/mol. The van der Waals surface area contributed by atoms with Crippen molar-refractivity contribution in [1.82, 2.24) is 0 Å². The minimum absolute atomic E-state index is 0. The van der Waals surface area contributed by atoms with Crippen molar-refractivity contribution < 1.29 is 65.8 Å². The monoisotopic (exact) mass is 182 g/mol. The Morgan fingerprint density at radius 1 is 1.62 bits per heavy atom. The molecular formula is C2H7KO3S2. The summed E-state index contributed by atoms with van der Waals surface area (Å²) < 4.78 is 27.4. The third kappa shape index (κ3) is 10.8. The molecule has 0 atom stereocenters. The fraction of sp³-hybridized carbons (Fsp3) is 1.00. The van der Waals surface area contributed by atoms with Crippen LogP contribution >= 0.6 is 12.6 Å². The molecule has 0 aliphatic carbocycles. The Hall–Kier alpha value is 1.90. The summed E-state index contributed by atoms with van der Waals surface area (Å²) in [6, 6.07) is 0. The van der Waals surface area contributed by atoms with Gasteiger partial charge in [-0.2, -0.15) is 21.0 Å². The Kier molecular flexibility index (Phi) is 8.89. The van der Waals surface area contributed by atoms with Crippen LogP contribution in [-0.4, -0.2) is 24.5 Å². The van der Waals surface area contributed by atoms with Gasteiger partial charge in [0.25, 0.3) is 10.1 Å². The van der Waals surface area contributed by atoms with E-state index in [1.807, 2.05) is 0 Å². The first-order chi connectivity index (χ1) is 3.06. The largest absolute Gasteiger partial charge is 1.00 e. The van der Waals surface area contributed by atoms with Crippen molar-refractivity contribution in [2.45, 2.75) is 0 Å². The summed E-state index contributed by atoms with van der Waals surface area (Å²) in [5.41, 5.74) is 0. The van der Waals surface area contributed by atoms with Gasteiger partial charge in [-0.15, -0.1) is 0 Å². The van der Waals surface area contributed by atoms with Crippen LogP contribution in [0.25, 0.3) is 0 Å². The van der Waals surface area contributed by atoms with Crippen molar-refractivity contribution in [3.05, 3.63) is 0 Å². The van der Waals surface area contributed by atoms with Crippen LogP contribution in [0, 0.1) is 0 Å². The molecule has 1 N–H and O–H groups in total. The quantitative estimate of drug-likeness (QED) is 0.270. The summed E-state index contributed by atoms with van der Waals surface area (Å²) in [5, 5.41) is 0. The molecule has 6 heteroatoms. The van der Waals surface area contributed by atoms with E-state index in [0.717, 1.165) is 0 Å². The van der Waals surface area contributed by atoms with E-state index in [1.165, 1.54) is 0 Å². The summed E-state index contributed by atoms with van der Waals surface area (Å²) in [5.74, 6) is -0.102. The second-order valence-corrected chi connectivity index (χ2v) is 3.03. The average Bonchev–Trinajstić information content (AvgIpc) is 1.30. The van der Waals surface area contributed by atoms with Gasteiger partial charge in [0.15, 0.2) is 0 Å². The maximum Gasteiger partial charge on any atom is 1.00 e. The van der Waals surface area contributed by atoms with Crippen LogP contribution < -0.4 is 51.4 Å². The first-order valence-corrected chi connectivity index (χ1v) is 3.86. The van der Waals surface area contributed by atoms with Gasteiger partial charge >= 0.3 is 51.4 Å². The molecule has 0 heterocycles. The molecule has 46 valence electrons. The van der Waals surface area contributed by atoms with Crippen molar-refractivity contribution in [1.29, 1.82) is 0 Å². The molecule has 0 spiro atoms. The van der Waals surface area contributed by atoms with Crippen LogP contribution in [0.3, 0.4) is 0 Å². The molecule has 0 aliphatic rings. The molecule has 8 heavy (non-hydrogen) atoms. The van der Waals surface area contributed by atoms with E-state index >= 15 is 0 Å². The third-order valence-electron chi connectivity index (χ3n) is 0.349. The normalized spacial score (nSPS) is 10.2. The zero-order chi connectivity index (χ0) is 5.91. The van der Waals surface area contributed by atoms with Crippen LogP contribution in [0.1, 0.15) is 1.43 Å². The topological polar surface area (TPSA) is 54.4 Å². The fourth-order valence-electron chi connectivity index (χ4n) is 0.115. The number of hydrogen-bond acceptors (Lipinski definition) is 3. The summed E-state index contributed by atoms with van der Waals surface area (Å²) in [4.78, 5) is 0. The molecule has 0 radical (unpaired) electrons. The van der Waals surface area contributed by atoms with Crippen LogP contribution in [0.4, 0.5) is 0 Å². The van der Waals surface area contributed by atoms with Gasteiger partial charge in [-0.25, -0.2) is 0 Å². The second kappa shape index (κ2) is 5.66. The summed E-state index contributed by atoms with van der Waals surface area (Å²) >= 11 is 3.57. The van der Waals surface area contributed by atoms with E-state index in [-0.39, 0.29) is 64.3 Å². The Balaban J connectivity index is -0.000000180. The van der Waals surface area contributed by atoms with Gasteiger partial charge in [0.2, 0.25) is 0 Å². The Morgan fingerprint density at radius 2 is 2.00 bits per heavy atom. The molecule has 0 aliphatic heterocycles. The van der Waals surface area contributed by atoms with Gasteiger partial charge in [-0.1, -0.05) is 0 Å². The zero-order valence-electron chi connectivity index (χ0n) is 5.53. The molecule has 0 rings (SSSR count). The molecule has 0 unspecified atom stereocenters. The summed E-state index contributed by atoms with van der Waals surface area (Å²) in [7, 11) is -3.75. The van der Waals surface area contributed by atoms with Gasteiger partial charge in [0.1, 0.15) is 0 Å². The summed E-state index contributed by atoms with van der Waals surface area (Å²) in [6.07, 6.45) is 0. The number of hydrogen-bond donors (Lipinski definition) is 2. The van der Waals surface area contributed by atoms with Crippen LogP contribution in [0.15, 0.2) is 0 Å². The zero-order valence-corrected chi connectivity index (χ0v) is 9.37. The molecule has 0 fully saturated rings. The minimum Gasteiger partial charge on any atom is -1.00 e. The summed E-state index contributed by atoms with van der Waals surface area (Å²) in [6.45, 7) is 0. The predicted molar refractivity (Wildman–Crippen MR) is 31.4 cm³/mol. The van der Waals surface area contributed by atoms with Crippen LogP contribution in [0.2, 0.25) is 0 Å². The smallest absolute Gasteiger partial charge is 1.00 e. The Labute approximate surface area is 98.3 Å². The SMILES string of the molecule is O=S(=O)(O)CCS.[H-].[K+]. The van der Waals surface area contributed by atoms with E-state index in [0.29, 0.717) is 0 Å². The number of thiol groups is 1. The van der Waals surface area contributed by atoms with Crippen molar-refractivity contribution >= 4 is 22.7 Å². The van der Waals surface area contributed by atoms with Crippen molar-refractivity contribution in [2.24, 2.45) is 0 Å². The van der Waals surface area contributed by atoms with E-state index in [1.54, 1.807) is 0 Å². The standard InChI is InChI=1S/C2H6O3S2.K.H/c3-7(4,5)2-1-6;;/h6H,1-2H2,(H,3,4,5);;/q;+1;-1. The molecular weight excluding hydrogens is 175 g/mol. The predicted octanol–water partition coefficient (Wildman–Crippen LogP) is -3.08. The van der Waals surface area contributed by atoms with E-state index < -0.39 is 10.1 Å². The fourth-order valence-corrected chi connectivity index (χ4v) is 1.04. The van der Waals surface area contributed by atoms with Crippen molar-refractivity contribution in [3.8, 4) is 0 Å². The third-order valence-corrected chi connectivity index (χ3v) is 1.60. The Bertz CT molecular complexity index is 133. The van der Waals surface area contributed by atoms with Gasteiger partial charge in [-0.3, -0.25) is 4.55 Å². The molecule has 0 saturated heterocycles. The molecule has 0 aromatic carbocycles. The van der Waals surface area contributed by atoms with Gasteiger partial charge in [0.05, 0.1) is 5.75 Å². The van der Waals surface area contributed by atoms with Crippen molar-refractivity contribution in [2.75, 3.05) is 11.5 Å². The first kappa shape index (κ1) is 12.6. The van der Waals surface area contributed by atoms with Gasteiger partial charge < -0.3 is 1.43 Å². The first-order valence-electron chi connectivity index (χ1n) is 1.62. The maximum absolute atomic E-state index is 9.74. The number of rotatable bonds is 2. The molecule has 0 aromatic rings. The minimum atomic E-state index is -3.75. The molecule has 0 amide bonds. The van der Waals surface area contributed by atoms with Crippen LogP contribution in [0.5, 0.6) is 0 Å². The van der Waals surface area contributed by atoms with Crippen molar-refractivity contribution in [3.63, 3.8) is 0 Å².